The van der Waals surface area contributed by atoms with Crippen LogP contribution in [0.15, 0.2) is 47.4 Å². The van der Waals surface area contributed by atoms with Crippen molar-refractivity contribution in [3.63, 3.8) is 0 Å². The minimum Gasteiger partial charge on any atom is -0.495 e. The summed E-state index contributed by atoms with van der Waals surface area (Å²) in [6, 6.07) is 11.3. The maximum absolute atomic E-state index is 12.5. The van der Waals surface area contributed by atoms with Gasteiger partial charge in [-0.25, -0.2) is 13.1 Å². The van der Waals surface area contributed by atoms with Crippen molar-refractivity contribution in [1.82, 2.24) is 9.62 Å². The highest BCUT2D eigenvalue weighted by molar-refractivity contribution is 7.89. The Morgan fingerprint density at radius 3 is 2.59 bits per heavy atom. The van der Waals surface area contributed by atoms with Crippen LogP contribution in [-0.2, 0) is 16.6 Å². The minimum atomic E-state index is -3.74. The number of benzene rings is 2. The second-order valence-corrected chi connectivity index (χ2v) is 8.49. The normalized spacial score (nSPS) is 14.4. The van der Waals surface area contributed by atoms with Crippen molar-refractivity contribution < 1.29 is 17.9 Å². The Morgan fingerprint density at radius 1 is 1.19 bits per heavy atom. The number of methoxy groups -OCH3 is 1. The zero-order valence-electron chi connectivity index (χ0n) is 14.9. The van der Waals surface area contributed by atoms with Crippen LogP contribution >= 0.6 is 11.6 Å². The first-order valence-corrected chi connectivity index (χ1v) is 10.5. The lowest BCUT2D eigenvalue weighted by Gasteiger charge is -2.16. The Labute approximate surface area is 164 Å². The maximum Gasteiger partial charge on any atom is 0.253 e. The zero-order chi connectivity index (χ0) is 19.4. The van der Waals surface area contributed by atoms with Gasteiger partial charge in [0.05, 0.1) is 17.0 Å². The molecule has 0 bridgehead atoms. The van der Waals surface area contributed by atoms with E-state index in [0.29, 0.717) is 16.9 Å². The second-order valence-electron chi connectivity index (χ2n) is 6.32. The first kappa shape index (κ1) is 19.7. The van der Waals surface area contributed by atoms with Crippen molar-refractivity contribution in [2.24, 2.45) is 0 Å². The number of halogens is 1. The highest BCUT2D eigenvalue weighted by atomic mass is 35.5. The Hall–Kier alpha value is -2.09. The molecule has 1 N–H and O–H groups in total. The summed E-state index contributed by atoms with van der Waals surface area (Å²) in [4.78, 5) is 14.4. The molecule has 8 heteroatoms. The standard InChI is InChI=1S/C19H21ClN2O4S/c1-26-18-8-7-16(12-17(18)20)27(24,25)21-13-14-5-4-6-15(11-14)19(23)22-9-2-3-10-22/h4-8,11-12,21H,2-3,9-10,13H2,1H3. The van der Waals surface area contributed by atoms with E-state index >= 15 is 0 Å². The third-order valence-electron chi connectivity index (χ3n) is 4.47. The van der Waals surface area contributed by atoms with Gasteiger partial charge in [0.2, 0.25) is 10.0 Å². The lowest BCUT2D eigenvalue weighted by molar-refractivity contribution is 0.0792. The van der Waals surface area contributed by atoms with Crippen molar-refractivity contribution in [2.45, 2.75) is 24.3 Å². The highest BCUT2D eigenvalue weighted by Gasteiger charge is 2.20. The van der Waals surface area contributed by atoms with E-state index in [9.17, 15) is 13.2 Å². The summed E-state index contributed by atoms with van der Waals surface area (Å²) in [6.45, 7) is 1.62. The lowest BCUT2D eigenvalue weighted by atomic mass is 10.1. The molecule has 0 atom stereocenters. The number of carbonyl (C=O) groups excluding carboxylic acids is 1. The van der Waals surface area contributed by atoms with E-state index in [1.165, 1.54) is 25.3 Å². The fourth-order valence-corrected chi connectivity index (χ4v) is 4.36. The summed E-state index contributed by atoms with van der Waals surface area (Å²) in [7, 11) is -2.28. The van der Waals surface area contributed by atoms with Gasteiger partial charge in [0, 0.05) is 25.2 Å². The van der Waals surface area contributed by atoms with Crippen LogP contribution in [0.2, 0.25) is 5.02 Å². The molecule has 0 saturated carbocycles. The summed E-state index contributed by atoms with van der Waals surface area (Å²) in [5, 5.41) is 0.221. The second kappa shape index (κ2) is 8.29. The summed E-state index contributed by atoms with van der Waals surface area (Å²) in [6.07, 6.45) is 2.05. The molecular formula is C19H21ClN2O4S. The van der Waals surface area contributed by atoms with E-state index in [-0.39, 0.29) is 22.4 Å². The van der Waals surface area contributed by atoms with Crippen LogP contribution in [0.5, 0.6) is 5.75 Å². The van der Waals surface area contributed by atoms with Crippen molar-refractivity contribution >= 4 is 27.5 Å². The largest absolute Gasteiger partial charge is 0.495 e. The number of likely N-dealkylation sites (tertiary alicyclic amines) is 1. The van der Waals surface area contributed by atoms with Crippen molar-refractivity contribution in [3.05, 3.63) is 58.6 Å². The third-order valence-corrected chi connectivity index (χ3v) is 6.16. The van der Waals surface area contributed by atoms with Gasteiger partial charge in [0.25, 0.3) is 5.91 Å². The molecule has 0 spiro atoms. The van der Waals surface area contributed by atoms with E-state index in [1.807, 2.05) is 4.90 Å². The molecule has 1 saturated heterocycles. The first-order valence-electron chi connectivity index (χ1n) is 8.62. The molecule has 27 heavy (non-hydrogen) atoms. The van der Waals surface area contributed by atoms with Crippen LogP contribution in [0, 0.1) is 0 Å². The molecule has 1 aliphatic rings. The topological polar surface area (TPSA) is 75.7 Å². The number of amides is 1. The molecular weight excluding hydrogens is 388 g/mol. The lowest BCUT2D eigenvalue weighted by Crippen LogP contribution is -2.28. The summed E-state index contributed by atoms with van der Waals surface area (Å²) < 4.78 is 32.6. The molecule has 1 fully saturated rings. The third kappa shape index (κ3) is 4.61. The number of hydrogen-bond acceptors (Lipinski definition) is 4. The van der Waals surface area contributed by atoms with Gasteiger partial charge in [-0.2, -0.15) is 0 Å². The van der Waals surface area contributed by atoms with Crippen LogP contribution in [0.3, 0.4) is 0 Å². The van der Waals surface area contributed by atoms with Gasteiger partial charge in [-0.3, -0.25) is 4.79 Å². The predicted molar refractivity (Wildman–Crippen MR) is 104 cm³/mol. The Kier molecular flexibility index (Phi) is 6.04. The van der Waals surface area contributed by atoms with Crippen LogP contribution in [0.25, 0.3) is 0 Å². The van der Waals surface area contributed by atoms with E-state index in [1.54, 1.807) is 24.3 Å². The van der Waals surface area contributed by atoms with Crippen molar-refractivity contribution in [2.75, 3.05) is 20.2 Å². The highest BCUT2D eigenvalue weighted by Crippen LogP contribution is 2.27. The average Bonchev–Trinajstić information content (AvgIpc) is 3.21. The number of sulfonamides is 1. The van der Waals surface area contributed by atoms with Gasteiger partial charge < -0.3 is 9.64 Å². The number of hydrogen-bond donors (Lipinski definition) is 1. The van der Waals surface area contributed by atoms with Gasteiger partial charge in [0.1, 0.15) is 5.75 Å². The maximum atomic E-state index is 12.5. The van der Waals surface area contributed by atoms with Crippen molar-refractivity contribution in [1.29, 1.82) is 0 Å². The monoisotopic (exact) mass is 408 g/mol. The predicted octanol–water partition coefficient (Wildman–Crippen LogP) is 3.06. The van der Waals surface area contributed by atoms with Gasteiger partial charge in [-0.1, -0.05) is 23.7 Å². The molecule has 0 aliphatic carbocycles. The van der Waals surface area contributed by atoms with E-state index in [2.05, 4.69) is 4.72 Å². The number of ether oxygens (including phenoxy) is 1. The van der Waals surface area contributed by atoms with Crippen LogP contribution in [0.1, 0.15) is 28.8 Å². The van der Waals surface area contributed by atoms with Gasteiger partial charge in [-0.15, -0.1) is 0 Å². The van der Waals surface area contributed by atoms with Crippen LogP contribution in [-0.4, -0.2) is 39.4 Å². The minimum absolute atomic E-state index is 0.0147. The Bertz CT molecular complexity index is 940. The fourth-order valence-electron chi connectivity index (χ4n) is 2.99. The molecule has 0 unspecified atom stereocenters. The molecule has 6 nitrogen and oxygen atoms in total. The van der Waals surface area contributed by atoms with Crippen LogP contribution in [0.4, 0.5) is 0 Å². The van der Waals surface area contributed by atoms with Gasteiger partial charge >= 0.3 is 0 Å². The molecule has 0 radical (unpaired) electrons. The Morgan fingerprint density at radius 2 is 1.93 bits per heavy atom. The smallest absolute Gasteiger partial charge is 0.253 e. The SMILES string of the molecule is COc1ccc(S(=O)(=O)NCc2cccc(C(=O)N3CCCC3)c2)cc1Cl. The molecule has 3 rings (SSSR count). The first-order chi connectivity index (χ1) is 12.9. The fraction of sp³-hybridized carbons (Fsp3) is 0.316. The van der Waals surface area contributed by atoms with E-state index in [4.69, 9.17) is 16.3 Å². The molecule has 2 aromatic carbocycles. The molecule has 144 valence electrons. The number of carbonyl (C=O) groups is 1. The molecule has 2 aromatic rings. The average molecular weight is 409 g/mol. The van der Waals surface area contributed by atoms with Crippen molar-refractivity contribution in [3.8, 4) is 5.75 Å². The number of nitrogens with one attached hydrogen (secondary N) is 1. The van der Waals surface area contributed by atoms with E-state index in [0.717, 1.165) is 25.9 Å². The van der Waals surface area contributed by atoms with E-state index < -0.39 is 10.0 Å². The zero-order valence-corrected chi connectivity index (χ0v) is 16.5. The molecule has 1 heterocycles. The molecule has 1 aliphatic heterocycles. The summed E-state index contributed by atoms with van der Waals surface area (Å²) in [5.41, 5.74) is 1.28. The summed E-state index contributed by atoms with van der Waals surface area (Å²) >= 11 is 6.01. The summed E-state index contributed by atoms with van der Waals surface area (Å²) in [5.74, 6) is 0.392. The van der Waals surface area contributed by atoms with Crippen LogP contribution < -0.4 is 9.46 Å². The van der Waals surface area contributed by atoms with Gasteiger partial charge in [-0.05, 0) is 48.7 Å². The number of rotatable bonds is 6. The molecule has 1 amide bonds. The number of nitrogens with zero attached hydrogens (tertiary/aromatic N) is 1. The molecule has 0 aromatic heterocycles. The Balaban J connectivity index is 1.71. The quantitative estimate of drug-likeness (QED) is 0.797. The van der Waals surface area contributed by atoms with Gasteiger partial charge in [0.15, 0.2) is 0 Å².